The van der Waals surface area contributed by atoms with Crippen molar-refractivity contribution in [3.8, 4) is 0 Å². The van der Waals surface area contributed by atoms with Gasteiger partial charge in [0.25, 0.3) is 5.91 Å². The van der Waals surface area contributed by atoms with Gasteiger partial charge in [-0.05, 0) is 36.4 Å². The van der Waals surface area contributed by atoms with E-state index in [-0.39, 0.29) is 5.91 Å². The number of anilines is 1. The molecule has 0 aliphatic carbocycles. The van der Waals surface area contributed by atoms with Crippen LogP contribution in [-0.2, 0) is 0 Å². The van der Waals surface area contributed by atoms with Gasteiger partial charge in [-0.2, -0.15) is 0 Å². The van der Waals surface area contributed by atoms with Crippen LogP contribution in [0.5, 0.6) is 0 Å². The van der Waals surface area contributed by atoms with E-state index in [0.29, 0.717) is 9.90 Å². The lowest BCUT2D eigenvalue weighted by atomic mass is 10.2. The van der Waals surface area contributed by atoms with E-state index < -0.39 is 0 Å². The molecule has 5 heteroatoms. The molecule has 1 aromatic heterocycles. The Hall–Kier alpha value is -1.49. The number of thioether (sulfide) groups is 1. The van der Waals surface area contributed by atoms with Crippen molar-refractivity contribution in [3.05, 3.63) is 57.9 Å². The summed E-state index contributed by atoms with van der Waals surface area (Å²) in [6, 6.07) is 13.9. The number of para-hydroxylation sites is 1. The van der Waals surface area contributed by atoms with Crippen LogP contribution in [0.15, 0.2) is 47.4 Å². The standard InChI is InChI=1S/C18H16ClNOS2/c1-3-22-14-7-5-4-6-13(14)20-18(21)17-16(19)12-9-8-11(2)10-15(12)23-17/h4-10H,3H2,1-2H3,(H,20,21). The van der Waals surface area contributed by atoms with Gasteiger partial charge in [0.05, 0.1) is 10.7 Å². The zero-order valence-corrected chi connectivity index (χ0v) is 15.2. The van der Waals surface area contributed by atoms with Crippen LogP contribution in [0.1, 0.15) is 22.2 Å². The van der Waals surface area contributed by atoms with Crippen LogP contribution in [0.2, 0.25) is 5.02 Å². The van der Waals surface area contributed by atoms with E-state index >= 15 is 0 Å². The maximum Gasteiger partial charge on any atom is 0.267 e. The third kappa shape index (κ3) is 3.39. The molecule has 0 aliphatic rings. The molecular weight excluding hydrogens is 346 g/mol. The number of thiophene rings is 1. The Balaban J connectivity index is 1.94. The van der Waals surface area contributed by atoms with Gasteiger partial charge in [0, 0.05) is 15.0 Å². The molecule has 0 radical (unpaired) electrons. The van der Waals surface area contributed by atoms with Gasteiger partial charge in [-0.25, -0.2) is 0 Å². The number of hydrogen-bond acceptors (Lipinski definition) is 3. The second-order valence-corrected chi connectivity index (χ2v) is 7.86. The van der Waals surface area contributed by atoms with Crippen LogP contribution < -0.4 is 5.32 Å². The van der Waals surface area contributed by atoms with Crippen molar-refractivity contribution in [2.45, 2.75) is 18.7 Å². The van der Waals surface area contributed by atoms with Gasteiger partial charge in [0.15, 0.2) is 0 Å². The minimum Gasteiger partial charge on any atom is -0.320 e. The van der Waals surface area contributed by atoms with Crippen molar-refractivity contribution in [2.24, 2.45) is 0 Å². The van der Waals surface area contributed by atoms with Gasteiger partial charge in [0.1, 0.15) is 4.88 Å². The Kier molecular flexibility index (Phi) is 4.95. The third-order valence-corrected chi connectivity index (χ3v) is 6.04. The highest BCUT2D eigenvalue weighted by molar-refractivity contribution is 7.99. The summed E-state index contributed by atoms with van der Waals surface area (Å²) in [5, 5.41) is 4.46. The molecule has 2 nitrogen and oxygen atoms in total. The summed E-state index contributed by atoms with van der Waals surface area (Å²) in [6.07, 6.45) is 0. The number of hydrogen-bond donors (Lipinski definition) is 1. The van der Waals surface area contributed by atoms with E-state index in [2.05, 4.69) is 18.3 Å². The highest BCUT2D eigenvalue weighted by Gasteiger charge is 2.18. The first-order valence-electron chi connectivity index (χ1n) is 7.32. The van der Waals surface area contributed by atoms with Crippen LogP contribution in [-0.4, -0.2) is 11.7 Å². The Bertz CT molecular complexity index is 873. The second-order valence-electron chi connectivity index (χ2n) is 5.13. The van der Waals surface area contributed by atoms with Gasteiger partial charge in [-0.3, -0.25) is 4.79 Å². The smallest absolute Gasteiger partial charge is 0.267 e. The zero-order valence-electron chi connectivity index (χ0n) is 12.9. The first-order chi connectivity index (χ1) is 11.1. The maximum absolute atomic E-state index is 12.7. The summed E-state index contributed by atoms with van der Waals surface area (Å²) in [5.41, 5.74) is 1.99. The summed E-state index contributed by atoms with van der Waals surface area (Å²) in [6.45, 7) is 4.12. The predicted molar refractivity (Wildman–Crippen MR) is 102 cm³/mol. The quantitative estimate of drug-likeness (QED) is 0.558. The van der Waals surface area contributed by atoms with E-state index in [0.717, 1.165) is 32.0 Å². The van der Waals surface area contributed by atoms with E-state index in [1.807, 2.05) is 43.3 Å². The number of fused-ring (bicyclic) bond motifs is 1. The number of rotatable bonds is 4. The monoisotopic (exact) mass is 361 g/mol. The summed E-state index contributed by atoms with van der Waals surface area (Å²) in [5.74, 6) is 0.800. The summed E-state index contributed by atoms with van der Waals surface area (Å²) >= 11 is 9.56. The Morgan fingerprint density at radius 3 is 2.83 bits per heavy atom. The number of benzene rings is 2. The topological polar surface area (TPSA) is 29.1 Å². The number of amides is 1. The molecule has 1 N–H and O–H groups in total. The van der Waals surface area contributed by atoms with Gasteiger partial charge in [-0.1, -0.05) is 42.8 Å². The molecule has 23 heavy (non-hydrogen) atoms. The van der Waals surface area contributed by atoms with E-state index in [9.17, 15) is 4.79 Å². The van der Waals surface area contributed by atoms with Crippen LogP contribution >= 0.6 is 34.7 Å². The van der Waals surface area contributed by atoms with E-state index in [4.69, 9.17) is 11.6 Å². The second kappa shape index (κ2) is 6.95. The normalized spacial score (nSPS) is 10.9. The lowest BCUT2D eigenvalue weighted by Crippen LogP contribution is -2.11. The average molecular weight is 362 g/mol. The Morgan fingerprint density at radius 2 is 2.04 bits per heavy atom. The minimum absolute atomic E-state index is 0.155. The molecule has 3 aromatic rings. The molecule has 0 saturated carbocycles. The van der Waals surface area contributed by atoms with E-state index in [1.54, 1.807) is 11.8 Å². The van der Waals surface area contributed by atoms with Crippen molar-refractivity contribution in [1.82, 2.24) is 0 Å². The molecule has 0 unspecified atom stereocenters. The Morgan fingerprint density at radius 1 is 1.26 bits per heavy atom. The molecule has 0 atom stereocenters. The third-order valence-electron chi connectivity index (χ3n) is 3.43. The highest BCUT2D eigenvalue weighted by Crippen LogP contribution is 2.36. The molecule has 0 fully saturated rings. The van der Waals surface area contributed by atoms with Gasteiger partial charge in [0.2, 0.25) is 0 Å². The molecule has 0 spiro atoms. The predicted octanol–water partition coefficient (Wildman–Crippen LogP) is 6.23. The van der Waals surface area contributed by atoms with Crippen molar-refractivity contribution < 1.29 is 4.79 Å². The van der Waals surface area contributed by atoms with Gasteiger partial charge < -0.3 is 5.32 Å². The van der Waals surface area contributed by atoms with Gasteiger partial charge >= 0.3 is 0 Å². The maximum atomic E-state index is 12.7. The lowest BCUT2D eigenvalue weighted by molar-refractivity contribution is 0.103. The number of carbonyl (C=O) groups is 1. The van der Waals surface area contributed by atoms with Crippen molar-refractivity contribution in [3.63, 3.8) is 0 Å². The largest absolute Gasteiger partial charge is 0.320 e. The van der Waals surface area contributed by atoms with Crippen molar-refractivity contribution in [1.29, 1.82) is 0 Å². The minimum atomic E-state index is -0.155. The van der Waals surface area contributed by atoms with Crippen LogP contribution in [0.4, 0.5) is 5.69 Å². The summed E-state index contributed by atoms with van der Waals surface area (Å²) < 4.78 is 1.04. The first kappa shape index (κ1) is 16.4. The molecule has 2 aromatic carbocycles. The number of halogens is 1. The fraction of sp³-hybridized carbons (Fsp3) is 0.167. The van der Waals surface area contributed by atoms with Crippen LogP contribution in [0.3, 0.4) is 0 Å². The number of carbonyl (C=O) groups excluding carboxylic acids is 1. The molecule has 1 heterocycles. The molecule has 1 amide bonds. The molecule has 0 aliphatic heterocycles. The van der Waals surface area contributed by atoms with Crippen molar-refractivity contribution in [2.75, 3.05) is 11.1 Å². The molecule has 0 saturated heterocycles. The molecule has 3 rings (SSSR count). The summed E-state index contributed by atoms with van der Waals surface area (Å²) in [7, 11) is 0. The van der Waals surface area contributed by atoms with Crippen LogP contribution in [0, 0.1) is 6.92 Å². The highest BCUT2D eigenvalue weighted by atomic mass is 35.5. The molecular formula is C18H16ClNOS2. The summed E-state index contributed by atoms with van der Waals surface area (Å²) in [4.78, 5) is 14.3. The molecule has 0 bridgehead atoms. The lowest BCUT2D eigenvalue weighted by Gasteiger charge is -2.09. The zero-order chi connectivity index (χ0) is 16.4. The molecule has 118 valence electrons. The van der Waals surface area contributed by atoms with Crippen LogP contribution in [0.25, 0.3) is 10.1 Å². The number of aryl methyl sites for hydroxylation is 1. The van der Waals surface area contributed by atoms with E-state index in [1.165, 1.54) is 11.3 Å². The SMILES string of the molecule is CCSc1ccccc1NC(=O)c1sc2cc(C)ccc2c1Cl. The Labute approximate surface area is 148 Å². The van der Waals surface area contributed by atoms with Gasteiger partial charge in [-0.15, -0.1) is 23.1 Å². The average Bonchev–Trinajstić information content (AvgIpc) is 2.86. The first-order valence-corrected chi connectivity index (χ1v) is 9.50. The fourth-order valence-electron chi connectivity index (χ4n) is 2.35. The fourth-order valence-corrected chi connectivity index (χ4v) is 4.62. The van der Waals surface area contributed by atoms with Crippen molar-refractivity contribution >= 4 is 56.4 Å². The number of nitrogens with one attached hydrogen (secondary N) is 1.